The SMILES string of the molecule is Cc1ccc2cc(C)c3nnc(SCC(=O)NC4CCCC4)n3c2c1C. The van der Waals surface area contributed by atoms with E-state index in [2.05, 4.69) is 58.9 Å². The Labute approximate surface area is 157 Å². The zero-order chi connectivity index (χ0) is 18.3. The predicted molar refractivity (Wildman–Crippen MR) is 106 cm³/mol. The monoisotopic (exact) mass is 368 g/mol. The van der Waals surface area contributed by atoms with Crippen LogP contribution in [0.5, 0.6) is 0 Å². The lowest BCUT2D eigenvalue weighted by Gasteiger charge is -2.12. The molecule has 0 aliphatic heterocycles. The van der Waals surface area contributed by atoms with Gasteiger partial charge in [0.25, 0.3) is 0 Å². The van der Waals surface area contributed by atoms with Crippen molar-refractivity contribution in [3.8, 4) is 0 Å². The molecule has 1 aliphatic rings. The molecular weight excluding hydrogens is 344 g/mol. The van der Waals surface area contributed by atoms with Crippen molar-refractivity contribution >= 4 is 34.2 Å². The van der Waals surface area contributed by atoms with Crippen molar-refractivity contribution < 1.29 is 4.79 Å². The minimum absolute atomic E-state index is 0.0866. The quantitative estimate of drug-likeness (QED) is 0.708. The van der Waals surface area contributed by atoms with Crippen LogP contribution in [-0.4, -0.2) is 32.3 Å². The maximum Gasteiger partial charge on any atom is 0.230 e. The molecule has 0 radical (unpaired) electrons. The van der Waals surface area contributed by atoms with Gasteiger partial charge in [-0.05, 0) is 61.8 Å². The van der Waals surface area contributed by atoms with E-state index in [1.807, 2.05) is 0 Å². The third-order valence-corrected chi connectivity index (χ3v) is 6.30. The number of fused-ring (bicyclic) bond motifs is 3. The highest BCUT2D eigenvalue weighted by atomic mass is 32.2. The molecule has 0 saturated heterocycles. The third-order valence-electron chi connectivity index (χ3n) is 5.37. The van der Waals surface area contributed by atoms with Crippen molar-refractivity contribution in [1.29, 1.82) is 0 Å². The first-order valence-corrected chi connectivity index (χ1v) is 10.2. The van der Waals surface area contributed by atoms with Crippen LogP contribution in [0.3, 0.4) is 0 Å². The number of carbonyl (C=O) groups is 1. The largest absolute Gasteiger partial charge is 0.353 e. The van der Waals surface area contributed by atoms with Gasteiger partial charge in [-0.15, -0.1) is 10.2 Å². The fourth-order valence-electron chi connectivity index (χ4n) is 3.82. The van der Waals surface area contributed by atoms with Crippen molar-refractivity contribution in [2.24, 2.45) is 0 Å². The van der Waals surface area contributed by atoms with Crippen LogP contribution in [0.2, 0.25) is 0 Å². The fourth-order valence-corrected chi connectivity index (χ4v) is 4.57. The van der Waals surface area contributed by atoms with E-state index in [4.69, 9.17) is 0 Å². The average molecular weight is 369 g/mol. The minimum atomic E-state index is 0.0866. The van der Waals surface area contributed by atoms with E-state index >= 15 is 0 Å². The van der Waals surface area contributed by atoms with Crippen LogP contribution in [0.25, 0.3) is 16.6 Å². The van der Waals surface area contributed by atoms with E-state index in [9.17, 15) is 4.79 Å². The van der Waals surface area contributed by atoms with Gasteiger partial charge in [-0.25, -0.2) is 0 Å². The van der Waals surface area contributed by atoms with Gasteiger partial charge in [0.15, 0.2) is 10.8 Å². The van der Waals surface area contributed by atoms with Gasteiger partial charge in [0.1, 0.15) is 0 Å². The minimum Gasteiger partial charge on any atom is -0.353 e. The van der Waals surface area contributed by atoms with E-state index in [-0.39, 0.29) is 5.91 Å². The molecule has 0 atom stereocenters. The first-order chi connectivity index (χ1) is 12.5. The summed E-state index contributed by atoms with van der Waals surface area (Å²) in [5.41, 5.74) is 5.56. The van der Waals surface area contributed by atoms with Crippen LogP contribution in [0.15, 0.2) is 23.4 Å². The molecule has 0 unspecified atom stereocenters. The molecule has 2 heterocycles. The second-order valence-electron chi connectivity index (χ2n) is 7.25. The number of aromatic nitrogens is 3. The van der Waals surface area contributed by atoms with E-state index in [1.165, 1.54) is 41.1 Å². The molecule has 1 fully saturated rings. The number of hydrogen-bond donors (Lipinski definition) is 1. The highest BCUT2D eigenvalue weighted by molar-refractivity contribution is 7.99. The molecule has 1 amide bonds. The highest BCUT2D eigenvalue weighted by Crippen LogP contribution is 2.29. The Morgan fingerprint density at radius 3 is 2.73 bits per heavy atom. The zero-order valence-electron chi connectivity index (χ0n) is 15.5. The van der Waals surface area contributed by atoms with Crippen molar-refractivity contribution in [3.63, 3.8) is 0 Å². The smallest absolute Gasteiger partial charge is 0.230 e. The van der Waals surface area contributed by atoms with Gasteiger partial charge in [0.05, 0.1) is 11.3 Å². The molecule has 1 N–H and O–H groups in total. The number of nitrogens with zero attached hydrogens (tertiary/aromatic N) is 3. The summed E-state index contributed by atoms with van der Waals surface area (Å²) >= 11 is 1.46. The lowest BCUT2D eigenvalue weighted by Crippen LogP contribution is -2.33. The highest BCUT2D eigenvalue weighted by Gasteiger charge is 2.19. The Kier molecular flexibility index (Phi) is 4.61. The molecule has 1 aromatic carbocycles. The predicted octanol–water partition coefficient (Wildman–Crippen LogP) is 3.96. The summed E-state index contributed by atoms with van der Waals surface area (Å²) in [7, 11) is 0. The van der Waals surface area contributed by atoms with Gasteiger partial charge in [-0.1, -0.05) is 36.7 Å². The van der Waals surface area contributed by atoms with Crippen molar-refractivity contribution in [2.75, 3.05) is 5.75 Å². The van der Waals surface area contributed by atoms with Gasteiger partial charge in [-0.3, -0.25) is 9.20 Å². The molecule has 0 spiro atoms. The van der Waals surface area contributed by atoms with Crippen LogP contribution in [0.4, 0.5) is 0 Å². The van der Waals surface area contributed by atoms with Gasteiger partial charge in [0, 0.05) is 6.04 Å². The summed E-state index contributed by atoms with van der Waals surface area (Å²) in [6, 6.07) is 6.80. The molecule has 5 nitrogen and oxygen atoms in total. The molecule has 4 rings (SSSR count). The molecule has 136 valence electrons. The van der Waals surface area contributed by atoms with E-state index in [0.29, 0.717) is 11.8 Å². The Morgan fingerprint density at radius 1 is 1.19 bits per heavy atom. The van der Waals surface area contributed by atoms with Gasteiger partial charge >= 0.3 is 0 Å². The first kappa shape index (κ1) is 17.3. The van der Waals surface area contributed by atoms with Crippen molar-refractivity contribution in [2.45, 2.75) is 57.7 Å². The number of benzene rings is 1. The van der Waals surface area contributed by atoms with Crippen LogP contribution in [0.1, 0.15) is 42.4 Å². The number of nitrogens with one attached hydrogen (secondary N) is 1. The second-order valence-corrected chi connectivity index (χ2v) is 8.19. The Balaban J connectivity index is 1.67. The molecule has 26 heavy (non-hydrogen) atoms. The number of rotatable bonds is 4. The molecular formula is C20H24N4OS. The fraction of sp³-hybridized carbons (Fsp3) is 0.450. The topological polar surface area (TPSA) is 59.3 Å². The standard InChI is InChI=1S/C20H24N4OS/c1-12-8-9-15-10-13(2)19-22-23-20(24(19)18(15)14(12)3)26-11-17(25)21-16-6-4-5-7-16/h8-10,16H,4-7,11H2,1-3H3,(H,21,25). The van der Waals surface area contributed by atoms with E-state index in [1.54, 1.807) is 0 Å². The van der Waals surface area contributed by atoms with E-state index in [0.717, 1.165) is 34.7 Å². The Bertz CT molecular complexity index is 989. The van der Waals surface area contributed by atoms with E-state index < -0.39 is 0 Å². The summed E-state index contributed by atoms with van der Waals surface area (Å²) in [5.74, 6) is 0.459. The molecule has 0 bridgehead atoms. The lowest BCUT2D eigenvalue weighted by atomic mass is 10.0. The molecule has 6 heteroatoms. The Morgan fingerprint density at radius 2 is 1.96 bits per heavy atom. The molecule has 1 saturated carbocycles. The number of pyridine rings is 1. The summed E-state index contributed by atoms with van der Waals surface area (Å²) in [4.78, 5) is 12.3. The van der Waals surface area contributed by atoms with Gasteiger partial charge in [0.2, 0.25) is 5.91 Å². The summed E-state index contributed by atoms with van der Waals surface area (Å²) in [5, 5.41) is 13.9. The summed E-state index contributed by atoms with van der Waals surface area (Å²) < 4.78 is 2.11. The lowest BCUT2D eigenvalue weighted by molar-refractivity contribution is -0.119. The molecule has 2 aromatic heterocycles. The second kappa shape index (κ2) is 6.91. The summed E-state index contributed by atoms with van der Waals surface area (Å²) in [6.07, 6.45) is 4.65. The maximum absolute atomic E-state index is 12.3. The van der Waals surface area contributed by atoms with Gasteiger partial charge < -0.3 is 5.32 Å². The number of hydrogen-bond acceptors (Lipinski definition) is 4. The Hall–Kier alpha value is -2.08. The normalized spacial score (nSPS) is 15.2. The van der Waals surface area contributed by atoms with Crippen molar-refractivity contribution in [3.05, 3.63) is 34.9 Å². The zero-order valence-corrected chi connectivity index (χ0v) is 16.3. The van der Waals surface area contributed by atoms with Crippen LogP contribution in [-0.2, 0) is 4.79 Å². The number of aryl methyl sites for hydroxylation is 3. The number of thioether (sulfide) groups is 1. The number of amides is 1. The average Bonchev–Trinajstić information content (AvgIpc) is 3.26. The van der Waals surface area contributed by atoms with Crippen LogP contribution in [0, 0.1) is 20.8 Å². The van der Waals surface area contributed by atoms with Crippen LogP contribution < -0.4 is 5.32 Å². The van der Waals surface area contributed by atoms with Gasteiger partial charge in [-0.2, -0.15) is 0 Å². The molecule has 1 aliphatic carbocycles. The third kappa shape index (κ3) is 3.07. The first-order valence-electron chi connectivity index (χ1n) is 9.21. The molecule has 3 aromatic rings. The number of carbonyl (C=O) groups excluding carboxylic acids is 1. The maximum atomic E-state index is 12.3. The van der Waals surface area contributed by atoms with Crippen LogP contribution >= 0.6 is 11.8 Å². The summed E-state index contributed by atoms with van der Waals surface area (Å²) in [6.45, 7) is 6.31. The van der Waals surface area contributed by atoms with Crippen molar-refractivity contribution in [1.82, 2.24) is 19.9 Å².